The van der Waals surface area contributed by atoms with E-state index in [0.717, 1.165) is 38.8 Å². The number of carbonyl (C=O) groups is 2. The van der Waals surface area contributed by atoms with E-state index in [1.54, 1.807) is 27.8 Å². The molecule has 16 heteroatoms. The first-order valence-corrected chi connectivity index (χ1v) is 18.6. The maximum atomic E-state index is 14.5. The van der Waals surface area contributed by atoms with Crippen LogP contribution < -0.4 is 14.9 Å². The van der Waals surface area contributed by atoms with E-state index in [9.17, 15) is 22.4 Å². The summed E-state index contributed by atoms with van der Waals surface area (Å²) in [4.78, 5) is 28.3. The lowest BCUT2D eigenvalue weighted by molar-refractivity contribution is 0.0924. The van der Waals surface area contributed by atoms with Crippen molar-refractivity contribution in [2.75, 3.05) is 37.5 Å². The molecule has 0 aliphatic carbocycles. The number of carbonyl (C=O) groups excluding carboxylic acids is 2. The van der Waals surface area contributed by atoms with Crippen LogP contribution in [0.1, 0.15) is 33.7 Å². The van der Waals surface area contributed by atoms with Crippen LogP contribution in [0.25, 0.3) is 22.0 Å². The van der Waals surface area contributed by atoms with Crippen molar-refractivity contribution in [1.82, 2.24) is 34.8 Å². The van der Waals surface area contributed by atoms with Crippen LogP contribution in [0, 0.1) is 28.7 Å². The van der Waals surface area contributed by atoms with Gasteiger partial charge in [-0.3, -0.25) is 18.6 Å². The molecular formula is C38H39FN10O4S. The number of aryl methyl sites for hydroxylation is 2. The SMILES string of the molecule is CN(c1ccc(C(=O)N[C@@H]2CCN(C#N)C2)c(F)c1)S(=O)(=O)c1ccccc1.Cn1cc(-c2ccc3cc(C(=O)N[C@@H]4CCN(C#N)C4)n(C)c3c2)cn1. The van der Waals surface area contributed by atoms with Gasteiger partial charge in [0.15, 0.2) is 12.4 Å². The van der Waals surface area contributed by atoms with Crippen molar-refractivity contribution in [3.63, 3.8) is 0 Å². The normalized spacial score (nSPS) is 16.6. The maximum absolute atomic E-state index is 14.5. The Morgan fingerprint density at radius 1 is 0.870 bits per heavy atom. The molecule has 5 aromatic rings. The summed E-state index contributed by atoms with van der Waals surface area (Å²) in [5, 5.41) is 28.8. The predicted octanol–water partition coefficient (Wildman–Crippen LogP) is 3.80. The highest BCUT2D eigenvalue weighted by Gasteiger charge is 2.27. The van der Waals surface area contributed by atoms with Gasteiger partial charge < -0.3 is 25.0 Å². The molecule has 0 unspecified atom stereocenters. The molecule has 2 N–H and O–H groups in total. The van der Waals surface area contributed by atoms with Gasteiger partial charge in [0, 0.05) is 82.1 Å². The topological polar surface area (TPSA) is 172 Å². The van der Waals surface area contributed by atoms with E-state index in [2.05, 4.69) is 28.0 Å². The molecule has 54 heavy (non-hydrogen) atoms. The Bertz CT molecular complexity index is 2380. The minimum absolute atomic E-state index is 0.0196. The Morgan fingerprint density at radius 2 is 1.52 bits per heavy atom. The van der Waals surface area contributed by atoms with Crippen LogP contribution in [0.15, 0.2) is 90.1 Å². The highest BCUT2D eigenvalue weighted by atomic mass is 32.2. The van der Waals surface area contributed by atoms with Gasteiger partial charge in [0.05, 0.1) is 22.3 Å². The molecule has 0 radical (unpaired) electrons. The fraction of sp³-hybridized carbons (Fsp3) is 0.289. The quantitative estimate of drug-likeness (QED) is 0.224. The van der Waals surface area contributed by atoms with Crippen molar-refractivity contribution in [3.8, 4) is 23.5 Å². The van der Waals surface area contributed by atoms with Crippen LogP contribution in [0.2, 0.25) is 0 Å². The van der Waals surface area contributed by atoms with Gasteiger partial charge >= 0.3 is 0 Å². The third-order valence-electron chi connectivity index (χ3n) is 9.61. The van der Waals surface area contributed by atoms with Gasteiger partial charge in [0.1, 0.15) is 11.5 Å². The summed E-state index contributed by atoms with van der Waals surface area (Å²) < 4.78 is 44.5. The second-order valence-corrected chi connectivity index (χ2v) is 15.2. The number of aromatic nitrogens is 3. The van der Waals surface area contributed by atoms with Gasteiger partial charge in [-0.05, 0) is 60.9 Å². The minimum Gasteiger partial charge on any atom is -0.347 e. The van der Waals surface area contributed by atoms with Crippen LogP contribution in [0.3, 0.4) is 0 Å². The second kappa shape index (κ2) is 15.7. The Kier molecular flexibility index (Phi) is 10.9. The lowest BCUT2D eigenvalue weighted by Gasteiger charge is -2.20. The number of nitrogens with one attached hydrogen (secondary N) is 2. The molecule has 2 aliphatic rings. The zero-order valence-electron chi connectivity index (χ0n) is 30.0. The first kappa shape index (κ1) is 37.4. The summed E-state index contributed by atoms with van der Waals surface area (Å²) in [5.41, 5.74) is 3.67. The van der Waals surface area contributed by atoms with Gasteiger partial charge in [-0.25, -0.2) is 12.8 Å². The highest BCUT2D eigenvalue weighted by Crippen LogP contribution is 2.27. The molecule has 4 heterocycles. The number of anilines is 1. The monoisotopic (exact) mass is 750 g/mol. The van der Waals surface area contributed by atoms with E-state index in [0.29, 0.717) is 38.3 Å². The van der Waals surface area contributed by atoms with Gasteiger partial charge in [-0.1, -0.05) is 30.3 Å². The largest absolute Gasteiger partial charge is 0.347 e. The predicted molar refractivity (Wildman–Crippen MR) is 200 cm³/mol. The van der Waals surface area contributed by atoms with Crippen LogP contribution in [0.5, 0.6) is 0 Å². The van der Waals surface area contributed by atoms with Gasteiger partial charge in [0.2, 0.25) is 0 Å². The number of halogens is 1. The summed E-state index contributed by atoms with van der Waals surface area (Å²) in [5.74, 6) is -1.51. The van der Waals surface area contributed by atoms with E-state index >= 15 is 0 Å². The zero-order chi connectivity index (χ0) is 38.6. The van der Waals surface area contributed by atoms with E-state index in [1.165, 1.54) is 36.2 Å². The highest BCUT2D eigenvalue weighted by molar-refractivity contribution is 7.92. The van der Waals surface area contributed by atoms with Crippen LogP contribution in [-0.4, -0.2) is 89.7 Å². The number of benzene rings is 3. The van der Waals surface area contributed by atoms with Gasteiger partial charge in [-0.15, -0.1) is 0 Å². The zero-order valence-corrected chi connectivity index (χ0v) is 30.8. The smallest absolute Gasteiger partial charge is 0.268 e. The number of fused-ring (bicyclic) bond motifs is 1. The molecule has 0 saturated carbocycles. The Hall–Kier alpha value is -6.39. The molecule has 3 aromatic carbocycles. The summed E-state index contributed by atoms with van der Waals surface area (Å²) in [6.45, 7) is 2.22. The van der Waals surface area contributed by atoms with Crippen molar-refractivity contribution >= 4 is 38.4 Å². The molecule has 2 fully saturated rings. The summed E-state index contributed by atoms with van der Waals surface area (Å²) in [7, 11) is 1.28. The fourth-order valence-electron chi connectivity index (χ4n) is 6.53. The molecule has 2 aliphatic heterocycles. The van der Waals surface area contributed by atoms with Gasteiger partial charge in [-0.2, -0.15) is 15.6 Å². The molecule has 2 atom stereocenters. The first-order valence-electron chi connectivity index (χ1n) is 17.2. The molecule has 278 valence electrons. The molecule has 0 spiro atoms. The first-order chi connectivity index (χ1) is 25.9. The number of rotatable bonds is 8. The van der Waals surface area contributed by atoms with E-state index in [1.807, 2.05) is 55.4 Å². The second-order valence-electron chi connectivity index (χ2n) is 13.2. The van der Waals surface area contributed by atoms with E-state index < -0.39 is 21.7 Å². The number of amides is 2. The summed E-state index contributed by atoms with van der Waals surface area (Å²) in [6.07, 6.45) is 9.36. The van der Waals surface area contributed by atoms with Crippen LogP contribution >= 0.6 is 0 Å². The van der Waals surface area contributed by atoms with Gasteiger partial charge in [0.25, 0.3) is 21.8 Å². The van der Waals surface area contributed by atoms with Crippen LogP contribution in [0.4, 0.5) is 10.1 Å². The summed E-state index contributed by atoms with van der Waals surface area (Å²) >= 11 is 0. The number of sulfonamides is 1. The van der Waals surface area contributed by atoms with Crippen molar-refractivity contribution in [2.24, 2.45) is 14.1 Å². The number of nitrogens with zero attached hydrogens (tertiary/aromatic N) is 8. The van der Waals surface area contributed by atoms with E-state index in [4.69, 9.17) is 10.5 Å². The Balaban J connectivity index is 0.000000185. The lowest BCUT2D eigenvalue weighted by Crippen LogP contribution is -2.37. The number of hydrogen-bond donors (Lipinski definition) is 2. The van der Waals surface area contributed by atoms with Crippen molar-refractivity contribution < 1.29 is 22.4 Å². The summed E-state index contributed by atoms with van der Waals surface area (Å²) in [6, 6.07) is 19.3. The molecule has 7 rings (SSSR count). The molecule has 2 saturated heterocycles. The average Bonchev–Trinajstić information content (AvgIpc) is 3.99. The number of nitriles is 2. The Morgan fingerprint density at radius 3 is 2.09 bits per heavy atom. The maximum Gasteiger partial charge on any atom is 0.268 e. The lowest BCUT2D eigenvalue weighted by atomic mass is 10.1. The molecule has 14 nitrogen and oxygen atoms in total. The molecule has 0 bridgehead atoms. The molecule has 2 aromatic heterocycles. The average molecular weight is 751 g/mol. The van der Waals surface area contributed by atoms with E-state index in [-0.39, 0.29) is 34.1 Å². The number of likely N-dealkylation sites (tertiary alicyclic amines) is 2. The molecular weight excluding hydrogens is 712 g/mol. The minimum atomic E-state index is -3.84. The van der Waals surface area contributed by atoms with Crippen molar-refractivity contribution in [2.45, 2.75) is 29.8 Å². The van der Waals surface area contributed by atoms with Crippen molar-refractivity contribution in [3.05, 3.63) is 102 Å². The molecule has 2 amide bonds. The van der Waals surface area contributed by atoms with Crippen LogP contribution in [-0.2, 0) is 24.1 Å². The third-order valence-corrected chi connectivity index (χ3v) is 11.4. The Labute approximate surface area is 312 Å². The standard InChI is InChI=1S/C19H19FN4O3S.C19H20N6O/c1-23(28(26,27)16-5-3-2-4-6-16)15-7-8-17(18(20)11-15)19(25)22-14-9-10-24(12-14)13-21;1-23-10-15(9-21-23)13-3-4-14-8-18(24(2)17(14)7-13)19(26)22-16-5-6-25(11-16)12-20/h2-8,11,14H,9-10,12H2,1H3,(H,22,25);3-4,7-10,16H,5-6,11H2,1-2H3,(H,22,26)/t14-;16-/m11/s1. The third kappa shape index (κ3) is 7.99. The van der Waals surface area contributed by atoms with Crippen molar-refractivity contribution in [1.29, 1.82) is 10.5 Å². The number of hydrogen-bond acceptors (Lipinski definition) is 9. The fourth-order valence-corrected chi connectivity index (χ4v) is 7.74.